The van der Waals surface area contributed by atoms with Crippen LogP contribution in [0.25, 0.3) is 10.9 Å². The number of hydrogen-bond donors (Lipinski definition) is 1. The first kappa shape index (κ1) is 16.6. The minimum Gasteiger partial charge on any atom is -0.465 e. The highest BCUT2D eigenvalue weighted by molar-refractivity contribution is 5.93. The van der Waals surface area contributed by atoms with Crippen LogP contribution in [0.15, 0.2) is 23.0 Å². The molecule has 7 heteroatoms. The Balaban J connectivity index is 1.91. The lowest BCUT2D eigenvalue weighted by molar-refractivity contribution is -0.0710. The standard InChI is InChI=1S/C17H21N3O4/c1-10-7-20(8-11(2)24-10)9-15-18-14-6-12(17(22)23-3)4-5-13(14)16(21)19-15/h4-6,10-11H,7-9H2,1-3H3,(H,18,19,21)/t10-,11-/m1/s1. The minimum absolute atomic E-state index is 0.145. The van der Waals surface area contributed by atoms with E-state index in [0.29, 0.717) is 28.8 Å². The number of morpholine rings is 1. The van der Waals surface area contributed by atoms with Crippen LogP contribution in [-0.2, 0) is 16.0 Å². The van der Waals surface area contributed by atoms with Gasteiger partial charge in [0, 0.05) is 13.1 Å². The number of fused-ring (bicyclic) bond motifs is 1. The third-order valence-corrected chi connectivity index (χ3v) is 4.05. The van der Waals surface area contributed by atoms with Crippen LogP contribution >= 0.6 is 0 Å². The number of rotatable bonds is 3. The van der Waals surface area contributed by atoms with Crippen LogP contribution in [0.1, 0.15) is 30.0 Å². The predicted octanol–water partition coefficient (Wildman–Crippen LogP) is 1.32. The number of benzene rings is 1. The molecule has 1 fully saturated rings. The Morgan fingerprint density at radius 1 is 1.38 bits per heavy atom. The van der Waals surface area contributed by atoms with Crippen molar-refractivity contribution in [2.75, 3.05) is 20.2 Å². The Bertz CT molecular complexity index is 807. The molecular weight excluding hydrogens is 310 g/mol. The smallest absolute Gasteiger partial charge is 0.337 e. The van der Waals surface area contributed by atoms with Crippen molar-refractivity contribution in [3.63, 3.8) is 0 Å². The van der Waals surface area contributed by atoms with Gasteiger partial charge >= 0.3 is 5.97 Å². The number of esters is 1. The lowest BCUT2D eigenvalue weighted by Gasteiger charge is -2.34. The van der Waals surface area contributed by atoms with E-state index in [-0.39, 0.29) is 17.8 Å². The molecule has 7 nitrogen and oxygen atoms in total. The van der Waals surface area contributed by atoms with Crippen molar-refractivity contribution < 1.29 is 14.3 Å². The highest BCUT2D eigenvalue weighted by Gasteiger charge is 2.23. The van der Waals surface area contributed by atoms with Gasteiger partial charge < -0.3 is 14.5 Å². The molecule has 0 saturated carbocycles. The molecule has 128 valence electrons. The van der Waals surface area contributed by atoms with Crippen molar-refractivity contribution in [2.45, 2.75) is 32.6 Å². The fourth-order valence-corrected chi connectivity index (χ4v) is 3.13. The number of aromatic nitrogens is 2. The lowest BCUT2D eigenvalue weighted by Crippen LogP contribution is -2.45. The van der Waals surface area contributed by atoms with Crippen molar-refractivity contribution >= 4 is 16.9 Å². The highest BCUT2D eigenvalue weighted by Crippen LogP contribution is 2.15. The summed E-state index contributed by atoms with van der Waals surface area (Å²) in [5.41, 5.74) is 0.662. The zero-order chi connectivity index (χ0) is 17.3. The van der Waals surface area contributed by atoms with Crippen LogP contribution in [0.2, 0.25) is 0 Å². The van der Waals surface area contributed by atoms with E-state index in [2.05, 4.69) is 14.9 Å². The molecule has 1 saturated heterocycles. The van der Waals surface area contributed by atoms with Crippen LogP contribution < -0.4 is 5.56 Å². The fourth-order valence-electron chi connectivity index (χ4n) is 3.13. The first-order valence-electron chi connectivity index (χ1n) is 7.95. The largest absolute Gasteiger partial charge is 0.465 e. The van der Waals surface area contributed by atoms with Gasteiger partial charge in [0.25, 0.3) is 5.56 Å². The van der Waals surface area contributed by atoms with Crippen LogP contribution in [0, 0.1) is 0 Å². The van der Waals surface area contributed by atoms with Crippen molar-refractivity contribution in [1.82, 2.24) is 14.9 Å². The van der Waals surface area contributed by atoms with Gasteiger partial charge in [0.2, 0.25) is 0 Å². The normalized spacial score (nSPS) is 21.8. The molecule has 0 bridgehead atoms. The lowest BCUT2D eigenvalue weighted by atomic mass is 10.1. The van der Waals surface area contributed by atoms with Gasteiger partial charge in [-0.25, -0.2) is 9.78 Å². The molecule has 1 aliphatic rings. The van der Waals surface area contributed by atoms with E-state index < -0.39 is 5.97 Å². The SMILES string of the molecule is COC(=O)c1ccc2c(=O)[nH]c(CN3C[C@@H](C)O[C@H](C)C3)nc2c1. The minimum atomic E-state index is -0.448. The summed E-state index contributed by atoms with van der Waals surface area (Å²) >= 11 is 0. The van der Waals surface area contributed by atoms with Gasteiger partial charge in [0.1, 0.15) is 5.82 Å². The van der Waals surface area contributed by atoms with E-state index >= 15 is 0 Å². The van der Waals surface area contributed by atoms with Crippen molar-refractivity contribution in [3.05, 3.63) is 39.9 Å². The topological polar surface area (TPSA) is 84.5 Å². The maximum Gasteiger partial charge on any atom is 0.337 e. The van der Waals surface area contributed by atoms with E-state index in [1.807, 2.05) is 13.8 Å². The van der Waals surface area contributed by atoms with E-state index in [1.54, 1.807) is 18.2 Å². The predicted molar refractivity (Wildman–Crippen MR) is 89.0 cm³/mol. The number of aromatic amines is 1. The number of carbonyl (C=O) groups excluding carboxylic acids is 1. The van der Waals surface area contributed by atoms with Crippen molar-refractivity contribution in [1.29, 1.82) is 0 Å². The zero-order valence-electron chi connectivity index (χ0n) is 14.0. The summed E-state index contributed by atoms with van der Waals surface area (Å²) in [5, 5.41) is 0.454. The maximum absolute atomic E-state index is 12.3. The van der Waals surface area contributed by atoms with Gasteiger partial charge in [-0.1, -0.05) is 0 Å². The summed E-state index contributed by atoms with van der Waals surface area (Å²) in [7, 11) is 1.32. The molecule has 3 rings (SSSR count). The van der Waals surface area contributed by atoms with Crippen LogP contribution in [0.3, 0.4) is 0 Å². The molecule has 0 spiro atoms. The summed E-state index contributed by atoms with van der Waals surface area (Å²) < 4.78 is 10.4. The number of carbonyl (C=O) groups is 1. The van der Waals surface area contributed by atoms with Gasteiger partial charge in [-0.15, -0.1) is 0 Å². The average molecular weight is 331 g/mol. The number of nitrogens with zero attached hydrogens (tertiary/aromatic N) is 2. The summed E-state index contributed by atoms with van der Waals surface area (Å²) in [6.45, 7) is 6.16. The number of hydrogen-bond acceptors (Lipinski definition) is 6. The molecule has 1 aliphatic heterocycles. The Kier molecular flexibility index (Phi) is 4.64. The Morgan fingerprint density at radius 2 is 2.08 bits per heavy atom. The summed E-state index contributed by atoms with van der Waals surface area (Å²) in [5.74, 6) is 0.132. The fraction of sp³-hybridized carbons (Fsp3) is 0.471. The second-order valence-corrected chi connectivity index (χ2v) is 6.19. The van der Waals surface area contributed by atoms with Crippen molar-refractivity contribution in [2.24, 2.45) is 0 Å². The molecule has 2 atom stereocenters. The summed E-state index contributed by atoms with van der Waals surface area (Å²) in [6.07, 6.45) is 0.290. The summed E-state index contributed by atoms with van der Waals surface area (Å²) in [6, 6.07) is 4.75. The molecule has 2 heterocycles. The molecule has 0 amide bonds. The van der Waals surface area contributed by atoms with Gasteiger partial charge in [-0.05, 0) is 32.0 Å². The Labute approximate surface area is 139 Å². The molecule has 1 N–H and O–H groups in total. The maximum atomic E-state index is 12.3. The number of H-pyrrole nitrogens is 1. The third kappa shape index (κ3) is 3.47. The molecule has 2 aromatic rings. The quantitative estimate of drug-likeness (QED) is 0.854. The van der Waals surface area contributed by atoms with E-state index in [4.69, 9.17) is 9.47 Å². The van der Waals surface area contributed by atoms with Gasteiger partial charge in [0.15, 0.2) is 0 Å². The average Bonchev–Trinajstić information content (AvgIpc) is 2.52. The van der Waals surface area contributed by atoms with Crippen LogP contribution in [-0.4, -0.2) is 53.2 Å². The Morgan fingerprint density at radius 3 is 2.75 bits per heavy atom. The third-order valence-electron chi connectivity index (χ3n) is 4.05. The molecule has 0 aliphatic carbocycles. The van der Waals surface area contributed by atoms with Crippen LogP contribution in [0.5, 0.6) is 0 Å². The summed E-state index contributed by atoms with van der Waals surface area (Å²) in [4.78, 5) is 33.5. The van der Waals surface area contributed by atoms with Crippen molar-refractivity contribution in [3.8, 4) is 0 Å². The monoisotopic (exact) mass is 331 g/mol. The zero-order valence-corrected chi connectivity index (χ0v) is 14.0. The van der Waals surface area contributed by atoms with Gasteiger partial charge in [0.05, 0.1) is 42.3 Å². The molecule has 0 unspecified atom stereocenters. The number of ether oxygens (including phenoxy) is 2. The first-order chi connectivity index (χ1) is 11.5. The Hall–Kier alpha value is -2.25. The molecule has 1 aromatic heterocycles. The second kappa shape index (κ2) is 6.70. The first-order valence-corrected chi connectivity index (χ1v) is 7.95. The molecule has 0 radical (unpaired) electrons. The van der Waals surface area contributed by atoms with Gasteiger partial charge in [-0.3, -0.25) is 9.69 Å². The van der Waals surface area contributed by atoms with E-state index in [0.717, 1.165) is 13.1 Å². The van der Waals surface area contributed by atoms with E-state index in [9.17, 15) is 9.59 Å². The number of methoxy groups -OCH3 is 1. The molecule has 24 heavy (non-hydrogen) atoms. The van der Waals surface area contributed by atoms with E-state index in [1.165, 1.54) is 7.11 Å². The van der Waals surface area contributed by atoms with Crippen LogP contribution in [0.4, 0.5) is 0 Å². The highest BCUT2D eigenvalue weighted by atomic mass is 16.5. The second-order valence-electron chi connectivity index (χ2n) is 6.19. The van der Waals surface area contributed by atoms with Gasteiger partial charge in [-0.2, -0.15) is 0 Å². The molecular formula is C17H21N3O4. The molecule has 1 aromatic carbocycles. The number of nitrogens with one attached hydrogen (secondary N) is 1.